The minimum absolute atomic E-state index is 0.00663. The van der Waals surface area contributed by atoms with E-state index in [0.717, 1.165) is 70.2 Å². The number of ether oxygens (including phenoxy) is 2. The third-order valence-corrected chi connectivity index (χ3v) is 16.2. The zero-order chi connectivity index (χ0) is 47.8. The molecule has 67 heavy (non-hydrogen) atoms. The number of ketones is 1. The molecule has 1 saturated carbocycles. The van der Waals surface area contributed by atoms with Crippen LogP contribution in [0, 0.1) is 16.1 Å². The Balaban J connectivity index is 1.21. The number of esters is 1. The number of likely N-dealkylation sites (N-methyl/N-ethyl adjacent to an activating group) is 1. The van der Waals surface area contributed by atoms with Gasteiger partial charge < -0.3 is 34.3 Å². The molecule has 3 fully saturated rings. The van der Waals surface area contributed by atoms with E-state index in [-0.39, 0.29) is 67.2 Å². The molecule has 4 aliphatic rings. The number of hydrogen-bond donors (Lipinski definition) is 4. The van der Waals surface area contributed by atoms with Crippen LogP contribution in [0.15, 0.2) is 54.7 Å². The number of fused-ring (bicyclic) bond motifs is 6. The average molecular weight is 938 g/mol. The highest BCUT2D eigenvalue weighted by Crippen LogP contribution is 2.42. The molecule has 5 heterocycles. The van der Waals surface area contributed by atoms with E-state index in [1.165, 1.54) is 4.90 Å². The number of nitrogens with one attached hydrogen (secondary N) is 3. The Kier molecular flexibility index (Phi) is 14.2. The maximum Gasteiger partial charge on any atom is 0.323 e. The third-order valence-electron chi connectivity index (χ3n) is 14.5. The number of methoxy groups -OCH3 is 1. The van der Waals surface area contributed by atoms with E-state index in [0.29, 0.717) is 37.8 Å². The summed E-state index contributed by atoms with van der Waals surface area (Å²) >= 11 is 0. The first kappa shape index (κ1) is 48.1. The molecule has 2 unspecified atom stereocenters. The lowest BCUT2D eigenvalue weighted by atomic mass is 9.84. The standard InChI is InChI=1S/C51H67N7O8S/c1-7-58-43-18-17-34-28-38(43)39(46(58)37-14-11-19-53-44(37)31(2)65-6)29-51(3,4)30-66-49(62)41-16-10-15-40(54-41)47(60)42(26-32-24-35(34)27-36(59)25-32)55-48(61)45(33-12-8-9-13-33)56(5)50(63)57-20-22-67(52,64)23-21-57/h11,14,17-19,24-25,27-28,31,33,40-42,45,52,54,59H,7-10,12-13,15-16,20-23,26,29-30H2,1-6H3,(H,55,61)/t31-,40?,41-,42-,45?/m0/s1. The Morgan fingerprint density at radius 2 is 1.78 bits per heavy atom. The van der Waals surface area contributed by atoms with Crippen LogP contribution in [0.2, 0.25) is 0 Å². The van der Waals surface area contributed by atoms with Gasteiger partial charge in [0, 0.05) is 83.1 Å². The van der Waals surface area contributed by atoms with Crippen LogP contribution in [0.1, 0.15) is 95.6 Å². The number of rotatable bonds is 8. The molecule has 2 aromatic carbocycles. The van der Waals surface area contributed by atoms with E-state index in [9.17, 15) is 28.5 Å². The second-order valence-electron chi connectivity index (χ2n) is 19.9. The van der Waals surface area contributed by atoms with Crippen LogP contribution >= 0.6 is 0 Å². The van der Waals surface area contributed by atoms with Crippen molar-refractivity contribution in [2.24, 2.45) is 11.3 Å². The highest BCUT2D eigenvalue weighted by molar-refractivity contribution is 7.92. The quantitative estimate of drug-likeness (QED) is 0.134. The van der Waals surface area contributed by atoms with Crippen molar-refractivity contribution in [1.82, 2.24) is 30.0 Å². The predicted molar refractivity (Wildman–Crippen MR) is 258 cm³/mol. The molecule has 15 nitrogen and oxygen atoms in total. The Labute approximate surface area is 394 Å². The van der Waals surface area contributed by atoms with Gasteiger partial charge in [-0.05, 0) is 123 Å². The van der Waals surface area contributed by atoms with Crippen LogP contribution < -0.4 is 10.6 Å². The number of hydrogen-bond acceptors (Lipinski definition) is 11. The first-order valence-corrected chi connectivity index (χ1v) is 25.9. The average Bonchev–Trinajstić information content (AvgIpc) is 3.95. The van der Waals surface area contributed by atoms with Crippen LogP contribution in [0.4, 0.5) is 4.79 Å². The number of phenolic OH excluding ortho intramolecular Hbond substituents is 1. The molecule has 1 aliphatic carbocycles. The summed E-state index contributed by atoms with van der Waals surface area (Å²) in [5.74, 6) is -1.16. The van der Waals surface area contributed by atoms with Gasteiger partial charge in [0.1, 0.15) is 17.8 Å². The molecular weight excluding hydrogens is 871 g/mol. The van der Waals surface area contributed by atoms with Crippen LogP contribution in [0.5, 0.6) is 5.75 Å². The molecule has 16 heteroatoms. The lowest BCUT2D eigenvalue weighted by molar-refractivity contribution is -0.150. The van der Waals surface area contributed by atoms with Gasteiger partial charge in [-0.3, -0.25) is 29.5 Å². The molecule has 0 radical (unpaired) electrons. The van der Waals surface area contributed by atoms with Crippen LogP contribution in [-0.2, 0) is 53.0 Å². The summed E-state index contributed by atoms with van der Waals surface area (Å²) < 4.78 is 34.7. The van der Waals surface area contributed by atoms with Gasteiger partial charge in [0.2, 0.25) is 5.91 Å². The number of cyclic esters (lactones) is 1. The number of aromatic hydroxyl groups is 1. The van der Waals surface area contributed by atoms with Crippen molar-refractivity contribution in [3.8, 4) is 28.1 Å². The summed E-state index contributed by atoms with van der Waals surface area (Å²) in [5.41, 5.74) is 6.53. The van der Waals surface area contributed by atoms with E-state index < -0.39 is 51.2 Å². The molecule has 8 rings (SSSR count). The number of Topliss-reactive ketones (excluding diaryl/α,β-unsaturated/α-hetero) is 1. The summed E-state index contributed by atoms with van der Waals surface area (Å²) in [5, 5.41) is 18.8. The smallest absolute Gasteiger partial charge is 0.323 e. The van der Waals surface area contributed by atoms with Gasteiger partial charge >= 0.3 is 12.0 Å². The van der Waals surface area contributed by atoms with E-state index >= 15 is 0 Å². The highest BCUT2D eigenvalue weighted by Gasteiger charge is 2.42. The van der Waals surface area contributed by atoms with Crippen molar-refractivity contribution in [3.63, 3.8) is 0 Å². The number of aryl methyl sites for hydroxylation is 1. The second-order valence-corrected chi connectivity index (χ2v) is 22.4. The number of carbonyl (C=O) groups excluding carboxylic acids is 4. The number of benzene rings is 2. The molecular formula is C51H67N7O8S. The second kappa shape index (κ2) is 19.7. The molecule has 2 saturated heterocycles. The minimum atomic E-state index is -2.75. The monoisotopic (exact) mass is 937 g/mol. The lowest BCUT2D eigenvalue weighted by Gasteiger charge is -2.38. The van der Waals surface area contributed by atoms with Gasteiger partial charge in [-0.1, -0.05) is 38.8 Å². The van der Waals surface area contributed by atoms with Crippen LogP contribution in [0.3, 0.4) is 0 Å². The fourth-order valence-corrected chi connectivity index (χ4v) is 12.1. The van der Waals surface area contributed by atoms with Crippen molar-refractivity contribution in [2.45, 2.75) is 122 Å². The molecule has 3 aliphatic heterocycles. The minimum Gasteiger partial charge on any atom is -0.508 e. The van der Waals surface area contributed by atoms with E-state index in [1.54, 1.807) is 37.4 Å². The van der Waals surface area contributed by atoms with Gasteiger partial charge in [-0.15, -0.1) is 0 Å². The van der Waals surface area contributed by atoms with Crippen LogP contribution in [0.25, 0.3) is 33.3 Å². The zero-order valence-electron chi connectivity index (χ0n) is 39.8. The summed E-state index contributed by atoms with van der Waals surface area (Å²) in [6.45, 7) is 9.40. The van der Waals surface area contributed by atoms with Crippen molar-refractivity contribution in [2.75, 3.05) is 45.4 Å². The third kappa shape index (κ3) is 10.3. The largest absolute Gasteiger partial charge is 0.508 e. The molecule has 5 atom stereocenters. The molecule has 2 aromatic heterocycles. The van der Waals surface area contributed by atoms with E-state index in [4.69, 9.17) is 19.2 Å². The summed E-state index contributed by atoms with van der Waals surface area (Å²) in [6.07, 6.45) is 6.89. The van der Waals surface area contributed by atoms with Crippen molar-refractivity contribution < 1.29 is 38.0 Å². The first-order valence-electron chi connectivity index (χ1n) is 24.0. The van der Waals surface area contributed by atoms with Crippen molar-refractivity contribution in [3.05, 3.63) is 71.5 Å². The van der Waals surface area contributed by atoms with E-state index in [2.05, 4.69) is 54.2 Å². The fourth-order valence-electron chi connectivity index (χ4n) is 10.9. The Hall–Kier alpha value is -5.32. The lowest BCUT2D eigenvalue weighted by Crippen LogP contribution is -2.61. The maximum atomic E-state index is 14.9. The number of amides is 3. The number of urea groups is 1. The number of phenols is 1. The molecule has 6 bridgehead atoms. The molecule has 3 amide bonds. The number of pyridine rings is 1. The van der Waals surface area contributed by atoms with Crippen LogP contribution in [-0.4, -0.2) is 122 Å². The van der Waals surface area contributed by atoms with E-state index in [1.807, 2.05) is 25.1 Å². The Bertz CT molecular complexity index is 2630. The summed E-state index contributed by atoms with van der Waals surface area (Å²) in [7, 11) is 0.536. The Morgan fingerprint density at radius 1 is 1.04 bits per heavy atom. The number of nitrogens with zero attached hydrogens (tertiary/aromatic N) is 4. The normalized spacial score (nSPS) is 23.3. The maximum absolute atomic E-state index is 14.9. The molecule has 0 spiro atoms. The summed E-state index contributed by atoms with van der Waals surface area (Å²) in [6, 6.07) is 11.7. The highest BCUT2D eigenvalue weighted by atomic mass is 32.2. The zero-order valence-corrected chi connectivity index (χ0v) is 40.6. The molecule has 360 valence electrons. The van der Waals surface area contributed by atoms with Crippen molar-refractivity contribution >= 4 is 44.3 Å². The predicted octanol–water partition coefficient (Wildman–Crippen LogP) is 7.01. The van der Waals surface area contributed by atoms with Gasteiger partial charge in [-0.2, -0.15) is 0 Å². The number of carbonyl (C=O) groups is 4. The summed E-state index contributed by atoms with van der Waals surface area (Å²) in [4.78, 5) is 65.5. The van der Waals surface area contributed by atoms with Crippen molar-refractivity contribution in [1.29, 1.82) is 4.78 Å². The Morgan fingerprint density at radius 3 is 2.49 bits per heavy atom. The first-order chi connectivity index (χ1) is 32.0. The number of aromatic nitrogens is 2. The topological polar surface area (TPSA) is 196 Å². The number of piperidine rings is 1. The van der Waals surface area contributed by atoms with Gasteiger partial charge in [-0.25, -0.2) is 9.00 Å². The fraction of sp³-hybridized carbons (Fsp3) is 0.549. The van der Waals surface area contributed by atoms with Gasteiger partial charge in [0.25, 0.3) is 0 Å². The molecule has 4 N–H and O–H groups in total. The SMILES string of the molecule is CCn1c(-c2cccnc2[C@H](C)OC)c2c3cc(ccc31)-c1cc(O)cc(c1)C[C@H](NC(=O)C(C1CCCC1)N(C)C(=O)N1CCS(=N)(=O)CC1)C(=O)C1CCC[C@H](N1)C(=O)OCC(C)(C)C2. The van der Waals surface area contributed by atoms with Gasteiger partial charge in [0.15, 0.2) is 5.78 Å². The van der Waals surface area contributed by atoms with Gasteiger partial charge in [0.05, 0.1) is 36.2 Å². The molecule has 4 aromatic rings.